The molecule has 0 aliphatic carbocycles. The van der Waals surface area contributed by atoms with Gasteiger partial charge in [-0.3, -0.25) is 4.79 Å². The van der Waals surface area contributed by atoms with Gasteiger partial charge in [0, 0.05) is 17.6 Å². The van der Waals surface area contributed by atoms with E-state index in [4.69, 9.17) is 28.6 Å². The van der Waals surface area contributed by atoms with Crippen LogP contribution in [0.25, 0.3) is 0 Å². The molecule has 0 bridgehead atoms. The van der Waals surface area contributed by atoms with Crippen molar-refractivity contribution in [3.8, 4) is 5.75 Å². The number of benzene rings is 1. The van der Waals surface area contributed by atoms with Gasteiger partial charge in [-0.2, -0.15) is 0 Å². The Labute approximate surface area is 137 Å². The first-order valence-electron chi connectivity index (χ1n) is 6.14. The molecule has 0 fully saturated rings. The van der Waals surface area contributed by atoms with Crippen molar-refractivity contribution >= 4 is 50.8 Å². The first kappa shape index (κ1) is 17.2. The SMILES string of the molecule is CCN(CC)C(=S)NC(=O)COc1ccc(Br)cc1Cl. The Bertz CT molecular complexity index is 495. The monoisotopic (exact) mass is 378 g/mol. The summed E-state index contributed by atoms with van der Waals surface area (Å²) in [5, 5.41) is 3.47. The molecular weight excluding hydrogens is 364 g/mol. The molecule has 20 heavy (non-hydrogen) atoms. The van der Waals surface area contributed by atoms with E-state index in [1.807, 2.05) is 18.7 Å². The highest BCUT2D eigenvalue weighted by molar-refractivity contribution is 9.10. The summed E-state index contributed by atoms with van der Waals surface area (Å²) in [5.74, 6) is 0.152. The van der Waals surface area contributed by atoms with E-state index in [1.54, 1.807) is 18.2 Å². The highest BCUT2D eigenvalue weighted by atomic mass is 79.9. The molecule has 0 radical (unpaired) electrons. The Morgan fingerprint density at radius 2 is 2.10 bits per heavy atom. The van der Waals surface area contributed by atoms with Crippen LogP contribution < -0.4 is 10.1 Å². The topological polar surface area (TPSA) is 41.6 Å². The Kier molecular flexibility index (Phi) is 7.26. The van der Waals surface area contributed by atoms with Crippen molar-refractivity contribution in [3.05, 3.63) is 27.7 Å². The van der Waals surface area contributed by atoms with Gasteiger partial charge in [0.25, 0.3) is 5.91 Å². The van der Waals surface area contributed by atoms with Crippen LogP contribution in [0.1, 0.15) is 13.8 Å². The van der Waals surface area contributed by atoms with E-state index in [-0.39, 0.29) is 12.5 Å². The highest BCUT2D eigenvalue weighted by Crippen LogP contribution is 2.27. The Morgan fingerprint density at radius 1 is 1.45 bits per heavy atom. The van der Waals surface area contributed by atoms with Crippen LogP contribution in [0.5, 0.6) is 5.75 Å². The fourth-order valence-electron chi connectivity index (χ4n) is 1.48. The molecule has 7 heteroatoms. The minimum absolute atomic E-state index is 0.136. The maximum absolute atomic E-state index is 11.7. The van der Waals surface area contributed by atoms with Gasteiger partial charge in [-0.1, -0.05) is 27.5 Å². The van der Waals surface area contributed by atoms with Crippen molar-refractivity contribution < 1.29 is 9.53 Å². The summed E-state index contributed by atoms with van der Waals surface area (Å²) in [6.45, 7) is 5.30. The third-order valence-corrected chi connectivity index (χ3v) is 3.70. The van der Waals surface area contributed by atoms with Gasteiger partial charge in [-0.05, 0) is 44.3 Å². The van der Waals surface area contributed by atoms with E-state index in [0.717, 1.165) is 17.6 Å². The molecule has 1 N–H and O–H groups in total. The number of carbonyl (C=O) groups excluding carboxylic acids is 1. The summed E-state index contributed by atoms with van der Waals surface area (Å²) in [5.41, 5.74) is 0. The second kappa shape index (κ2) is 8.44. The second-order valence-corrected chi connectivity index (χ2v) is 5.60. The number of hydrogen-bond acceptors (Lipinski definition) is 3. The predicted octanol–water partition coefficient (Wildman–Crippen LogP) is 3.22. The molecule has 4 nitrogen and oxygen atoms in total. The summed E-state index contributed by atoms with van der Waals surface area (Å²) in [6, 6.07) is 5.19. The van der Waals surface area contributed by atoms with Crippen LogP contribution in [0.15, 0.2) is 22.7 Å². The van der Waals surface area contributed by atoms with Gasteiger partial charge in [0.1, 0.15) is 5.75 Å². The van der Waals surface area contributed by atoms with Crippen LogP contribution in [0, 0.1) is 0 Å². The van der Waals surface area contributed by atoms with E-state index in [1.165, 1.54) is 0 Å². The minimum atomic E-state index is -0.305. The second-order valence-electron chi connectivity index (χ2n) is 3.89. The van der Waals surface area contributed by atoms with Crippen molar-refractivity contribution in [1.29, 1.82) is 0 Å². The number of ether oxygens (including phenoxy) is 1. The van der Waals surface area contributed by atoms with Crippen molar-refractivity contribution in [2.24, 2.45) is 0 Å². The fraction of sp³-hybridized carbons (Fsp3) is 0.385. The first-order chi connectivity index (χ1) is 9.47. The molecule has 1 aromatic rings. The summed E-state index contributed by atoms with van der Waals surface area (Å²) in [7, 11) is 0. The number of nitrogens with one attached hydrogen (secondary N) is 1. The lowest BCUT2D eigenvalue weighted by atomic mass is 10.3. The average molecular weight is 380 g/mol. The van der Waals surface area contributed by atoms with E-state index in [0.29, 0.717) is 15.9 Å². The number of hydrogen-bond donors (Lipinski definition) is 1. The fourth-order valence-corrected chi connectivity index (χ4v) is 2.58. The van der Waals surface area contributed by atoms with Crippen LogP contribution in [0.2, 0.25) is 5.02 Å². The molecule has 0 aliphatic heterocycles. The maximum Gasteiger partial charge on any atom is 0.264 e. The normalized spacial score (nSPS) is 10.0. The summed E-state index contributed by atoms with van der Waals surface area (Å²) < 4.78 is 6.21. The molecule has 0 saturated heterocycles. The molecule has 1 amide bonds. The maximum atomic E-state index is 11.7. The molecular formula is C13H16BrClN2O2S. The molecule has 0 spiro atoms. The Hall–Kier alpha value is -0.850. The molecule has 1 rings (SSSR count). The van der Waals surface area contributed by atoms with Gasteiger partial charge in [0.2, 0.25) is 0 Å². The highest BCUT2D eigenvalue weighted by Gasteiger charge is 2.11. The van der Waals surface area contributed by atoms with Crippen LogP contribution in [-0.2, 0) is 4.79 Å². The van der Waals surface area contributed by atoms with Gasteiger partial charge in [-0.15, -0.1) is 0 Å². The van der Waals surface area contributed by atoms with Crippen molar-refractivity contribution in [2.75, 3.05) is 19.7 Å². The minimum Gasteiger partial charge on any atom is -0.482 e. The molecule has 1 aromatic carbocycles. The van der Waals surface area contributed by atoms with Crippen LogP contribution >= 0.6 is 39.7 Å². The van der Waals surface area contributed by atoms with Crippen molar-refractivity contribution in [2.45, 2.75) is 13.8 Å². The first-order valence-corrected chi connectivity index (χ1v) is 7.72. The van der Waals surface area contributed by atoms with Gasteiger partial charge in [0.15, 0.2) is 11.7 Å². The zero-order valence-electron chi connectivity index (χ0n) is 11.3. The van der Waals surface area contributed by atoms with Crippen LogP contribution in [0.4, 0.5) is 0 Å². The van der Waals surface area contributed by atoms with Crippen LogP contribution in [0.3, 0.4) is 0 Å². The third-order valence-electron chi connectivity index (χ3n) is 2.55. The summed E-state index contributed by atoms with van der Waals surface area (Å²) >= 11 is 14.4. The van der Waals surface area contributed by atoms with E-state index in [2.05, 4.69) is 21.2 Å². The lowest BCUT2D eigenvalue weighted by Crippen LogP contribution is -2.44. The molecule has 0 unspecified atom stereocenters. The molecule has 0 aromatic heterocycles. The molecule has 110 valence electrons. The van der Waals surface area contributed by atoms with E-state index < -0.39 is 0 Å². The smallest absolute Gasteiger partial charge is 0.264 e. The standard InChI is InChI=1S/C13H16BrClN2O2S/c1-3-17(4-2)13(20)16-12(18)8-19-11-6-5-9(14)7-10(11)15/h5-7H,3-4,8H2,1-2H3,(H,16,18,20). The van der Waals surface area contributed by atoms with E-state index >= 15 is 0 Å². The quantitative estimate of drug-likeness (QED) is 0.798. The van der Waals surface area contributed by atoms with Crippen molar-refractivity contribution in [3.63, 3.8) is 0 Å². The number of thiocarbonyl (C=S) groups is 1. The zero-order chi connectivity index (χ0) is 15.1. The molecule has 0 saturated carbocycles. The largest absolute Gasteiger partial charge is 0.482 e. The van der Waals surface area contributed by atoms with Crippen LogP contribution in [-0.4, -0.2) is 35.6 Å². The third kappa shape index (κ3) is 5.26. The van der Waals surface area contributed by atoms with Gasteiger partial charge < -0.3 is 15.0 Å². The molecule has 0 aliphatic rings. The average Bonchev–Trinajstić information content (AvgIpc) is 2.39. The molecule has 0 atom stereocenters. The van der Waals surface area contributed by atoms with E-state index in [9.17, 15) is 4.79 Å². The van der Waals surface area contributed by atoms with Gasteiger partial charge >= 0.3 is 0 Å². The summed E-state index contributed by atoms with van der Waals surface area (Å²) in [4.78, 5) is 13.6. The lowest BCUT2D eigenvalue weighted by Gasteiger charge is -2.21. The number of rotatable bonds is 5. The Balaban J connectivity index is 2.49. The number of nitrogens with zero attached hydrogens (tertiary/aromatic N) is 1. The van der Waals surface area contributed by atoms with Gasteiger partial charge in [-0.25, -0.2) is 0 Å². The van der Waals surface area contributed by atoms with Crippen molar-refractivity contribution in [1.82, 2.24) is 10.2 Å². The number of amides is 1. The molecule has 0 heterocycles. The zero-order valence-corrected chi connectivity index (χ0v) is 14.4. The predicted molar refractivity (Wildman–Crippen MR) is 88.3 cm³/mol. The Morgan fingerprint density at radius 3 is 2.65 bits per heavy atom. The van der Waals surface area contributed by atoms with Gasteiger partial charge in [0.05, 0.1) is 5.02 Å². The summed E-state index contributed by atoms with van der Waals surface area (Å²) in [6.07, 6.45) is 0. The number of carbonyl (C=O) groups is 1. The lowest BCUT2D eigenvalue weighted by molar-refractivity contribution is -0.121. The number of halogens is 2.